The van der Waals surface area contributed by atoms with Crippen LogP contribution in [-0.2, 0) is 4.74 Å². The number of methoxy groups -OCH3 is 1. The van der Waals surface area contributed by atoms with Gasteiger partial charge >= 0.3 is 5.97 Å². The number of carbonyl (C=O) groups is 1. The quantitative estimate of drug-likeness (QED) is 0.662. The highest BCUT2D eigenvalue weighted by Crippen LogP contribution is 2.29. The van der Waals surface area contributed by atoms with Gasteiger partial charge in [0.1, 0.15) is 11.4 Å². The van der Waals surface area contributed by atoms with Crippen molar-refractivity contribution >= 4 is 38.5 Å². The Kier molecular flexibility index (Phi) is 4.30. The number of esters is 1. The largest absolute Gasteiger partial charge is 0.465 e. The maximum atomic E-state index is 14.0. The predicted octanol–water partition coefficient (Wildman–Crippen LogP) is 2.96. The zero-order valence-electron chi connectivity index (χ0n) is 13.3. The Morgan fingerprint density at radius 1 is 1.36 bits per heavy atom. The van der Waals surface area contributed by atoms with Crippen LogP contribution in [0.1, 0.15) is 16.1 Å². The SMILES string of the molecule is COC(=O)c1c(N)c2cc(F)c(Br)cc2n(-c2ccc(C)nc2)c1=O. The maximum absolute atomic E-state index is 14.0. The lowest BCUT2D eigenvalue weighted by atomic mass is 10.1. The number of nitrogen functional groups attached to an aromatic ring is 1. The molecule has 3 aromatic rings. The van der Waals surface area contributed by atoms with Gasteiger partial charge in [0.05, 0.1) is 34.7 Å². The number of benzene rings is 1. The Morgan fingerprint density at radius 3 is 2.68 bits per heavy atom. The van der Waals surface area contributed by atoms with E-state index in [2.05, 4.69) is 25.7 Å². The molecule has 0 unspecified atom stereocenters. The van der Waals surface area contributed by atoms with Crippen molar-refractivity contribution < 1.29 is 13.9 Å². The van der Waals surface area contributed by atoms with Gasteiger partial charge in [-0.15, -0.1) is 0 Å². The molecular formula is C17H13BrFN3O3. The molecule has 2 aromatic heterocycles. The lowest BCUT2D eigenvalue weighted by Gasteiger charge is -2.15. The number of halogens is 2. The second kappa shape index (κ2) is 6.29. The van der Waals surface area contributed by atoms with Crippen LogP contribution >= 0.6 is 15.9 Å². The highest BCUT2D eigenvalue weighted by Gasteiger charge is 2.23. The van der Waals surface area contributed by atoms with E-state index in [1.54, 1.807) is 19.1 Å². The van der Waals surface area contributed by atoms with Gasteiger partial charge < -0.3 is 10.5 Å². The van der Waals surface area contributed by atoms with E-state index in [4.69, 9.17) is 5.73 Å². The van der Waals surface area contributed by atoms with E-state index >= 15 is 0 Å². The maximum Gasteiger partial charge on any atom is 0.345 e. The van der Waals surface area contributed by atoms with Gasteiger partial charge in [-0.3, -0.25) is 14.3 Å². The molecule has 25 heavy (non-hydrogen) atoms. The molecule has 0 atom stereocenters. The summed E-state index contributed by atoms with van der Waals surface area (Å²) >= 11 is 3.11. The topological polar surface area (TPSA) is 87.2 Å². The molecular weight excluding hydrogens is 393 g/mol. The van der Waals surface area contributed by atoms with Crippen molar-refractivity contribution in [2.75, 3.05) is 12.8 Å². The van der Waals surface area contributed by atoms with Crippen LogP contribution in [0.15, 0.2) is 39.7 Å². The molecule has 0 aliphatic rings. The normalized spacial score (nSPS) is 10.9. The van der Waals surface area contributed by atoms with Crippen LogP contribution in [0.4, 0.5) is 10.1 Å². The zero-order valence-corrected chi connectivity index (χ0v) is 14.9. The van der Waals surface area contributed by atoms with Crippen LogP contribution in [-0.4, -0.2) is 22.6 Å². The van der Waals surface area contributed by atoms with Crippen LogP contribution in [0.5, 0.6) is 0 Å². The van der Waals surface area contributed by atoms with Crippen molar-refractivity contribution in [2.45, 2.75) is 6.92 Å². The third-order valence-corrected chi connectivity index (χ3v) is 4.41. The second-order valence-corrected chi connectivity index (χ2v) is 6.22. The van der Waals surface area contributed by atoms with Crippen LogP contribution in [0.25, 0.3) is 16.6 Å². The van der Waals surface area contributed by atoms with Crippen molar-refractivity contribution in [3.8, 4) is 5.69 Å². The number of nitrogens with zero attached hydrogens (tertiary/aromatic N) is 2. The molecule has 0 saturated carbocycles. The molecule has 2 heterocycles. The number of fused-ring (bicyclic) bond motifs is 1. The number of ether oxygens (including phenoxy) is 1. The van der Waals surface area contributed by atoms with E-state index in [-0.39, 0.29) is 21.1 Å². The first-order chi connectivity index (χ1) is 11.8. The summed E-state index contributed by atoms with van der Waals surface area (Å²) in [6.07, 6.45) is 1.49. The average Bonchev–Trinajstić information content (AvgIpc) is 2.58. The van der Waals surface area contributed by atoms with Crippen LogP contribution in [0.3, 0.4) is 0 Å². The van der Waals surface area contributed by atoms with Gasteiger partial charge in [-0.25, -0.2) is 9.18 Å². The first-order valence-electron chi connectivity index (χ1n) is 7.19. The summed E-state index contributed by atoms with van der Waals surface area (Å²) in [6.45, 7) is 1.81. The number of carbonyl (C=O) groups excluding carboxylic acids is 1. The van der Waals surface area contributed by atoms with Crippen molar-refractivity contribution in [3.63, 3.8) is 0 Å². The van der Waals surface area contributed by atoms with Crippen LogP contribution < -0.4 is 11.3 Å². The first kappa shape index (κ1) is 17.1. The Hall–Kier alpha value is -2.74. The number of aromatic nitrogens is 2. The van der Waals surface area contributed by atoms with Crippen LogP contribution in [0.2, 0.25) is 0 Å². The summed E-state index contributed by atoms with van der Waals surface area (Å²) in [5, 5.41) is 0.223. The fourth-order valence-electron chi connectivity index (χ4n) is 2.56. The number of aryl methyl sites for hydroxylation is 1. The van der Waals surface area contributed by atoms with Crippen molar-refractivity contribution in [1.29, 1.82) is 0 Å². The summed E-state index contributed by atoms with van der Waals surface area (Å²) in [6, 6.07) is 6.00. The highest BCUT2D eigenvalue weighted by molar-refractivity contribution is 9.10. The van der Waals surface area contributed by atoms with Gasteiger partial charge in [-0.2, -0.15) is 0 Å². The van der Waals surface area contributed by atoms with E-state index in [1.807, 2.05) is 0 Å². The summed E-state index contributed by atoms with van der Waals surface area (Å²) in [5.41, 5.74) is 6.35. The minimum atomic E-state index is -0.887. The molecule has 0 fully saturated rings. The van der Waals surface area contributed by atoms with E-state index in [0.29, 0.717) is 11.2 Å². The summed E-state index contributed by atoms with van der Waals surface area (Å²) in [4.78, 5) is 29.2. The fourth-order valence-corrected chi connectivity index (χ4v) is 2.89. The lowest BCUT2D eigenvalue weighted by Crippen LogP contribution is -2.28. The molecule has 0 radical (unpaired) electrons. The summed E-state index contributed by atoms with van der Waals surface area (Å²) in [7, 11) is 1.14. The highest BCUT2D eigenvalue weighted by atomic mass is 79.9. The summed E-state index contributed by atoms with van der Waals surface area (Å²) < 4.78 is 20.1. The molecule has 0 spiro atoms. The predicted molar refractivity (Wildman–Crippen MR) is 95.5 cm³/mol. The number of rotatable bonds is 2. The fraction of sp³-hybridized carbons (Fsp3) is 0.118. The van der Waals surface area contributed by atoms with Crippen LogP contribution in [0, 0.1) is 12.7 Å². The summed E-state index contributed by atoms with van der Waals surface area (Å²) in [5.74, 6) is -1.45. The van der Waals surface area contributed by atoms with Gasteiger partial charge in [-0.1, -0.05) is 0 Å². The molecule has 6 nitrogen and oxygen atoms in total. The number of hydrogen-bond acceptors (Lipinski definition) is 5. The van der Waals surface area contributed by atoms with Crippen molar-refractivity contribution in [3.05, 3.63) is 62.4 Å². The number of nitrogens with two attached hydrogens (primary N) is 1. The van der Waals surface area contributed by atoms with Gasteiger partial charge in [0, 0.05) is 11.1 Å². The third kappa shape index (κ3) is 2.78. The third-order valence-electron chi connectivity index (χ3n) is 3.80. The Balaban J connectivity index is 2.53. The van der Waals surface area contributed by atoms with Gasteiger partial charge in [0.25, 0.3) is 5.56 Å². The number of hydrogen-bond donors (Lipinski definition) is 1. The molecule has 0 saturated heterocycles. The van der Waals surface area contributed by atoms with Crippen molar-refractivity contribution in [2.24, 2.45) is 0 Å². The van der Waals surface area contributed by atoms with Gasteiger partial charge in [-0.05, 0) is 47.1 Å². The minimum Gasteiger partial charge on any atom is -0.465 e. The Labute approximate surface area is 150 Å². The minimum absolute atomic E-state index is 0.130. The van der Waals surface area contributed by atoms with Gasteiger partial charge in [0.2, 0.25) is 0 Å². The molecule has 8 heteroatoms. The smallest absolute Gasteiger partial charge is 0.345 e. The van der Waals surface area contributed by atoms with E-state index in [0.717, 1.165) is 12.8 Å². The molecule has 0 bridgehead atoms. The molecule has 0 amide bonds. The molecule has 0 aliphatic heterocycles. The van der Waals surface area contributed by atoms with Gasteiger partial charge in [0.15, 0.2) is 0 Å². The Bertz CT molecular complexity index is 1060. The van der Waals surface area contributed by atoms with Crippen molar-refractivity contribution in [1.82, 2.24) is 9.55 Å². The zero-order chi connectivity index (χ0) is 18.3. The Morgan fingerprint density at radius 2 is 2.08 bits per heavy atom. The molecule has 2 N–H and O–H groups in total. The second-order valence-electron chi connectivity index (χ2n) is 5.36. The number of anilines is 1. The van der Waals surface area contributed by atoms with E-state index in [9.17, 15) is 14.0 Å². The molecule has 3 rings (SSSR count). The molecule has 128 valence electrons. The van der Waals surface area contributed by atoms with E-state index < -0.39 is 17.3 Å². The average molecular weight is 406 g/mol. The molecule has 1 aromatic carbocycles. The lowest BCUT2D eigenvalue weighted by molar-refractivity contribution is 0.0600. The first-order valence-corrected chi connectivity index (χ1v) is 7.99. The molecule has 0 aliphatic carbocycles. The number of pyridine rings is 2. The standard InChI is InChI=1S/C17H13BrFN3O3/c1-8-3-4-9(7-21-8)22-13-6-11(18)12(19)5-10(13)15(20)14(16(22)23)17(24)25-2/h3-7H,20H2,1-2H3. The monoisotopic (exact) mass is 405 g/mol. The van der Waals surface area contributed by atoms with E-state index in [1.165, 1.54) is 22.9 Å².